The highest BCUT2D eigenvalue weighted by Crippen LogP contribution is 2.44. The molecule has 0 aromatic heterocycles. The van der Waals surface area contributed by atoms with Crippen LogP contribution in [-0.4, -0.2) is 51.2 Å². The Kier molecular flexibility index (Phi) is 4.52. The number of hydrogen-bond donors (Lipinski definition) is 0. The van der Waals surface area contributed by atoms with Crippen molar-refractivity contribution in [3.8, 4) is 11.5 Å². The predicted octanol–water partition coefficient (Wildman–Crippen LogP) is 1.64. The maximum absolute atomic E-state index is 12.4. The van der Waals surface area contributed by atoms with Gasteiger partial charge in [0, 0.05) is 32.1 Å². The lowest BCUT2D eigenvalue weighted by Crippen LogP contribution is -2.48. The van der Waals surface area contributed by atoms with Crippen LogP contribution in [0.15, 0.2) is 18.2 Å². The van der Waals surface area contributed by atoms with Crippen LogP contribution in [0.5, 0.6) is 11.5 Å². The molecule has 2 aliphatic rings. The Hall–Kier alpha value is -1.75. The van der Waals surface area contributed by atoms with Crippen LogP contribution in [-0.2, 0) is 4.79 Å². The minimum Gasteiger partial charge on any atom is -0.493 e. The molecule has 1 amide bonds. The van der Waals surface area contributed by atoms with E-state index in [2.05, 4.69) is 11.4 Å². The molecule has 1 aliphatic carbocycles. The number of carbonyl (C=O) groups excluding carboxylic acids is 1. The van der Waals surface area contributed by atoms with Gasteiger partial charge in [0.25, 0.3) is 0 Å². The number of benzene rings is 1. The molecular weight excluding hydrogens is 280 g/mol. The topological polar surface area (TPSA) is 52.9 Å². The molecule has 5 heteroatoms. The molecule has 0 unspecified atom stereocenters. The molecule has 5 nitrogen and oxygen atoms in total. The first-order valence-electron chi connectivity index (χ1n) is 7.87. The van der Waals surface area contributed by atoms with Crippen LogP contribution in [0, 0.1) is 5.92 Å². The Labute approximate surface area is 131 Å². The molecule has 119 valence electrons. The number of methoxy groups -OCH3 is 2. The molecule has 1 saturated heterocycles. The van der Waals surface area contributed by atoms with E-state index in [9.17, 15) is 4.79 Å². The van der Waals surface area contributed by atoms with Crippen LogP contribution in [0.2, 0.25) is 0 Å². The minimum atomic E-state index is 0.177. The standard InChI is InChI=1S/C17H23N2O3/c1-21-15-4-3-12(11-16(15)22-2)13-9-14(10-13)17(20)19-7-5-18-6-8-19/h3-4,11,13-14H,5-10H2,1-2H3. The Morgan fingerprint density at radius 1 is 1.14 bits per heavy atom. The summed E-state index contributed by atoms with van der Waals surface area (Å²) in [7, 11) is 3.29. The Morgan fingerprint density at radius 3 is 2.45 bits per heavy atom. The average molecular weight is 303 g/mol. The molecule has 2 fully saturated rings. The minimum absolute atomic E-state index is 0.177. The quantitative estimate of drug-likeness (QED) is 0.850. The fourth-order valence-electron chi connectivity index (χ4n) is 3.28. The van der Waals surface area contributed by atoms with Crippen molar-refractivity contribution in [2.75, 3.05) is 40.4 Å². The van der Waals surface area contributed by atoms with Gasteiger partial charge in [0.2, 0.25) is 5.91 Å². The number of ether oxygens (including phenoxy) is 2. The first-order chi connectivity index (χ1) is 10.7. The Balaban J connectivity index is 1.59. The third-order valence-corrected chi connectivity index (χ3v) is 4.73. The summed E-state index contributed by atoms with van der Waals surface area (Å²) >= 11 is 0. The number of carbonyl (C=O) groups is 1. The van der Waals surface area contributed by atoms with Gasteiger partial charge >= 0.3 is 0 Å². The second kappa shape index (κ2) is 6.57. The zero-order valence-corrected chi connectivity index (χ0v) is 13.2. The van der Waals surface area contributed by atoms with E-state index >= 15 is 0 Å². The number of nitrogens with zero attached hydrogens (tertiary/aromatic N) is 2. The lowest BCUT2D eigenvalue weighted by molar-refractivity contribution is -0.139. The molecule has 1 aliphatic heterocycles. The third kappa shape index (κ3) is 2.90. The largest absolute Gasteiger partial charge is 0.493 e. The van der Waals surface area contributed by atoms with Crippen molar-refractivity contribution in [2.45, 2.75) is 18.8 Å². The van der Waals surface area contributed by atoms with E-state index in [1.807, 2.05) is 17.0 Å². The van der Waals surface area contributed by atoms with Gasteiger partial charge in [-0.15, -0.1) is 0 Å². The van der Waals surface area contributed by atoms with Crippen molar-refractivity contribution >= 4 is 5.91 Å². The van der Waals surface area contributed by atoms with Gasteiger partial charge in [-0.1, -0.05) is 6.07 Å². The molecule has 0 atom stereocenters. The summed E-state index contributed by atoms with van der Waals surface area (Å²) in [6, 6.07) is 6.05. The SMILES string of the molecule is COc1ccc(C2CC(C(=O)N3CC[N]CC3)C2)cc1OC. The van der Waals surface area contributed by atoms with Crippen LogP contribution in [0.1, 0.15) is 24.3 Å². The van der Waals surface area contributed by atoms with Crippen LogP contribution < -0.4 is 14.8 Å². The second-order valence-corrected chi connectivity index (χ2v) is 5.98. The van der Waals surface area contributed by atoms with Gasteiger partial charge in [-0.3, -0.25) is 4.79 Å². The van der Waals surface area contributed by atoms with E-state index in [4.69, 9.17) is 9.47 Å². The van der Waals surface area contributed by atoms with Crippen LogP contribution in [0.3, 0.4) is 0 Å². The molecule has 1 radical (unpaired) electrons. The van der Waals surface area contributed by atoms with Crippen molar-refractivity contribution in [1.29, 1.82) is 0 Å². The van der Waals surface area contributed by atoms with Crippen molar-refractivity contribution in [1.82, 2.24) is 10.2 Å². The molecular formula is C17H23N2O3. The summed E-state index contributed by atoms with van der Waals surface area (Å²) in [5.74, 6) is 2.44. The van der Waals surface area contributed by atoms with Crippen molar-refractivity contribution in [3.05, 3.63) is 23.8 Å². The molecule has 22 heavy (non-hydrogen) atoms. The monoisotopic (exact) mass is 303 g/mol. The van der Waals surface area contributed by atoms with E-state index < -0.39 is 0 Å². The summed E-state index contributed by atoms with van der Waals surface area (Å²) in [6.07, 6.45) is 1.86. The van der Waals surface area contributed by atoms with Gasteiger partial charge < -0.3 is 14.4 Å². The fraction of sp³-hybridized carbons (Fsp3) is 0.588. The first kappa shape index (κ1) is 15.2. The number of rotatable bonds is 4. The molecule has 1 saturated carbocycles. The van der Waals surface area contributed by atoms with E-state index in [1.165, 1.54) is 5.56 Å². The van der Waals surface area contributed by atoms with Gasteiger partial charge in [-0.2, -0.15) is 0 Å². The normalized spacial score (nSPS) is 24.5. The number of amides is 1. The molecule has 0 N–H and O–H groups in total. The second-order valence-electron chi connectivity index (χ2n) is 5.98. The summed E-state index contributed by atoms with van der Waals surface area (Å²) in [5, 5.41) is 4.29. The molecule has 1 heterocycles. The molecule has 0 spiro atoms. The van der Waals surface area contributed by atoms with E-state index in [0.717, 1.165) is 50.5 Å². The average Bonchev–Trinajstić information content (AvgIpc) is 2.54. The maximum Gasteiger partial charge on any atom is 0.225 e. The van der Waals surface area contributed by atoms with Crippen molar-refractivity contribution < 1.29 is 14.3 Å². The molecule has 3 rings (SSSR count). The lowest BCUT2D eigenvalue weighted by atomic mass is 9.70. The van der Waals surface area contributed by atoms with E-state index in [1.54, 1.807) is 14.2 Å². The molecule has 0 bridgehead atoms. The van der Waals surface area contributed by atoms with Crippen LogP contribution in [0.25, 0.3) is 0 Å². The summed E-state index contributed by atoms with van der Waals surface area (Å²) < 4.78 is 10.6. The molecule has 1 aromatic rings. The summed E-state index contributed by atoms with van der Waals surface area (Å²) in [5.41, 5.74) is 1.23. The Morgan fingerprint density at radius 2 is 1.82 bits per heavy atom. The van der Waals surface area contributed by atoms with Gasteiger partial charge in [0.05, 0.1) is 14.2 Å². The predicted molar refractivity (Wildman–Crippen MR) is 83.5 cm³/mol. The molecule has 1 aromatic carbocycles. The van der Waals surface area contributed by atoms with Gasteiger partial charge in [-0.25, -0.2) is 5.32 Å². The summed E-state index contributed by atoms with van der Waals surface area (Å²) in [4.78, 5) is 14.4. The highest BCUT2D eigenvalue weighted by atomic mass is 16.5. The first-order valence-corrected chi connectivity index (χ1v) is 7.87. The zero-order chi connectivity index (χ0) is 15.5. The van der Waals surface area contributed by atoms with Gasteiger partial charge in [-0.05, 0) is 36.5 Å². The third-order valence-electron chi connectivity index (χ3n) is 4.73. The fourth-order valence-corrected chi connectivity index (χ4v) is 3.28. The zero-order valence-electron chi connectivity index (χ0n) is 13.2. The van der Waals surface area contributed by atoms with E-state index in [0.29, 0.717) is 11.8 Å². The smallest absolute Gasteiger partial charge is 0.225 e. The van der Waals surface area contributed by atoms with Crippen molar-refractivity contribution in [3.63, 3.8) is 0 Å². The van der Waals surface area contributed by atoms with Crippen LogP contribution in [0.4, 0.5) is 0 Å². The van der Waals surface area contributed by atoms with Crippen LogP contribution >= 0.6 is 0 Å². The highest BCUT2D eigenvalue weighted by molar-refractivity contribution is 5.80. The van der Waals surface area contributed by atoms with E-state index in [-0.39, 0.29) is 5.92 Å². The number of piperazine rings is 1. The van der Waals surface area contributed by atoms with Crippen molar-refractivity contribution in [2.24, 2.45) is 5.92 Å². The maximum atomic E-state index is 12.4. The highest BCUT2D eigenvalue weighted by Gasteiger charge is 2.38. The number of hydrogen-bond acceptors (Lipinski definition) is 3. The van der Waals surface area contributed by atoms with Gasteiger partial charge in [0.15, 0.2) is 11.5 Å². The lowest BCUT2D eigenvalue weighted by Gasteiger charge is -2.39. The Bertz CT molecular complexity index is 535. The van der Waals surface area contributed by atoms with Gasteiger partial charge in [0.1, 0.15) is 0 Å². The summed E-state index contributed by atoms with van der Waals surface area (Å²) in [6.45, 7) is 3.15.